The van der Waals surface area contributed by atoms with Crippen LogP contribution in [0.2, 0.25) is 0 Å². The third-order valence-electron chi connectivity index (χ3n) is 3.83. The van der Waals surface area contributed by atoms with Crippen LogP contribution in [0.15, 0.2) is 18.3 Å². The lowest BCUT2D eigenvalue weighted by Crippen LogP contribution is -2.35. The lowest BCUT2D eigenvalue weighted by atomic mass is 10.2. The van der Waals surface area contributed by atoms with Gasteiger partial charge in [-0.05, 0) is 32.9 Å². The van der Waals surface area contributed by atoms with Gasteiger partial charge in [-0.15, -0.1) is 0 Å². The monoisotopic (exact) mass is 361 g/mol. The Balaban J connectivity index is 2.19. The van der Waals surface area contributed by atoms with E-state index in [0.29, 0.717) is 17.3 Å². The zero-order valence-corrected chi connectivity index (χ0v) is 14.0. The van der Waals surface area contributed by atoms with Crippen LogP contribution in [0.1, 0.15) is 62.8 Å². The largest absolute Gasteiger partial charge is 0.346 e. The summed E-state index contributed by atoms with van der Waals surface area (Å²) in [6.45, 7) is 5.53. The van der Waals surface area contributed by atoms with E-state index in [2.05, 4.69) is 15.5 Å². The van der Waals surface area contributed by atoms with Crippen molar-refractivity contribution < 1.29 is 22.4 Å². The Morgan fingerprint density at radius 2 is 1.88 bits per heavy atom. The van der Waals surface area contributed by atoms with Gasteiger partial charge >= 0.3 is 0 Å². The van der Waals surface area contributed by atoms with Crippen molar-refractivity contribution in [1.82, 2.24) is 24.9 Å². The summed E-state index contributed by atoms with van der Waals surface area (Å²) < 4.78 is 53.9. The maximum Gasteiger partial charge on any atom is 0.282 e. The molecule has 0 aliphatic heterocycles. The van der Waals surface area contributed by atoms with Gasteiger partial charge in [0.1, 0.15) is 17.4 Å². The normalized spacial score (nSPS) is 14.1. The highest BCUT2D eigenvalue weighted by molar-refractivity contribution is 5.80. The minimum Gasteiger partial charge on any atom is -0.346 e. The minimum atomic E-state index is -3.02. The summed E-state index contributed by atoms with van der Waals surface area (Å²) >= 11 is 0. The summed E-state index contributed by atoms with van der Waals surface area (Å²) in [5, 5.41) is 10.2. The van der Waals surface area contributed by atoms with Gasteiger partial charge in [-0.2, -0.15) is 10.2 Å². The van der Waals surface area contributed by atoms with Gasteiger partial charge in [-0.25, -0.2) is 17.6 Å². The zero-order chi connectivity index (χ0) is 18.7. The van der Waals surface area contributed by atoms with Crippen LogP contribution in [0.3, 0.4) is 0 Å². The Bertz CT molecular complexity index is 727. The average Bonchev–Trinajstić information content (AvgIpc) is 3.20. The summed E-state index contributed by atoms with van der Waals surface area (Å²) in [5.41, 5.74) is -0.762. The molecule has 1 N–H and O–H groups in total. The second-order valence-electron chi connectivity index (χ2n) is 5.52. The van der Waals surface area contributed by atoms with Crippen LogP contribution in [-0.2, 0) is 11.3 Å². The predicted octanol–water partition coefficient (Wildman–Crippen LogP) is 3.41. The molecule has 0 spiro atoms. The molecule has 2 aromatic rings. The van der Waals surface area contributed by atoms with Crippen molar-refractivity contribution in [2.24, 2.45) is 0 Å². The molecule has 2 unspecified atom stereocenters. The van der Waals surface area contributed by atoms with E-state index in [-0.39, 0.29) is 0 Å². The molecule has 0 fully saturated rings. The van der Waals surface area contributed by atoms with E-state index < -0.39 is 42.2 Å². The van der Waals surface area contributed by atoms with Crippen molar-refractivity contribution in [2.45, 2.75) is 52.3 Å². The van der Waals surface area contributed by atoms with E-state index >= 15 is 0 Å². The minimum absolute atomic E-state index is 0.433. The molecule has 25 heavy (non-hydrogen) atoms. The van der Waals surface area contributed by atoms with Crippen LogP contribution in [0.5, 0.6) is 0 Å². The molecule has 2 heterocycles. The van der Waals surface area contributed by atoms with Crippen LogP contribution in [0.25, 0.3) is 0 Å². The first-order valence-corrected chi connectivity index (χ1v) is 7.73. The molecule has 0 radical (unpaired) electrons. The molecule has 10 heteroatoms. The number of halogens is 4. The number of amides is 1. The van der Waals surface area contributed by atoms with E-state index in [9.17, 15) is 22.4 Å². The first kappa shape index (κ1) is 18.9. The van der Waals surface area contributed by atoms with E-state index in [1.165, 1.54) is 6.92 Å². The highest BCUT2D eigenvalue weighted by atomic mass is 19.3. The van der Waals surface area contributed by atoms with Gasteiger partial charge < -0.3 is 5.32 Å². The first-order valence-electron chi connectivity index (χ1n) is 7.73. The molecular weight excluding hydrogens is 342 g/mol. The number of rotatable bonds is 7. The molecule has 2 rings (SSSR count). The van der Waals surface area contributed by atoms with Crippen molar-refractivity contribution in [3.63, 3.8) is 0 Å². The molecule has 6 nitrogen and oxygen atoms in total. The molecule has 2 atom stereocenters. The van der Waals surface area contributed by atoms with Gasteiger partial charge in [-0.1, -0.05) is 0 Å². The van der Waals surface area contributed by atoms with Crippen molar-refractivity contribution in [3.8, 4) is 0 Å². The van der Waals surface area contributed by atoms with Gasteiger partial charge in [0.15, 0.2) is 0 Å². The fraction of sp³-hybridized carbons (Fsp3) is 0.533. The van der Waals surface area contributed by atoms with E-state index in [1.54, 1.807) is 23.9 Å². The number of nitrogens with zero attached hydrogens (tertiary/aromatic N) is 4. The topological polar surface area (TPSA) is 64.7 Å². The van der Waals surface area contributed by atoms with Crippen molar-refractivity contribution in [2.75, 3.05) is 0 Å². The maximum atomic E-state index is 13.1. The summed E-state index contributed by atoms with van der Waals surface area (Å²) in [5.74, 6) is -0.609. The SMILES string of the molecule is CCn1nccc1C(C)NC(=O)C(C)n1nc(C(F)F)cc1C(F)F. The lowest BCUT2D eigenvalue weighted by Gasteiger charge is -2.20. The van der Waals surface area contributed by atoms with Gasteiger partial charge in [0, 0.05) is 12.7 Å². The third kappa shape index (κ3) is 3.99. The number of carbonyl (C=O) groups is 1. The van der Waals surface area contributed by atoms with Crippen molar-refractivity contribution >= 4 is 5.91 Å². The zero-order valence-electron chi connectivity index (χ0n) is 14.0. The number of carbonyl (C=O) groups excluding carboxylic acids is 1. The Morgan fingerprint density at radius 3 is 2.44 bits per heavy atom. The number of aryl methyl sites for hydroxylation is 1. The Morgan fingerprint density at radius 1 is 1.20 bits per heavy atom. The van der Waals surface area contributed by atoms with Crippen LogP contribution in [0.4, 0.5) is 17.6 Å². The molecule has 0 bridgehead atoms. The highest BCUT2D eigenvalue weighted by Gasteiger charge is 2.27. The number of hydrogen-bond donors (Lipinski definition) is 1. The number of hydrogen-bond acceptors (Lipinski definition) is 3. The van der Waals surface area contributed by atoms with E-state index in [4.69, 9.17) is 0 Å². The highest BCUT2D eigenvalue weighted by Crippen LogP contribution is 2.27. The molecule has 2 aromatic heterocycles. The predicted molar refractivity (Wildman–Crippen MR) is 81.3 cm³/mol. The van der Waals surface area contributed by atoms with Crippen molar-refractivity contribution in [3.05, 3.63) is 35.4 Å². The summed E-state index contributed by atoms with van der Waals surface area (Å²) in [6.07, 6.45) is -4.43. The average molecular weight is 361 g/mol. The Labute approximate surface area is 141 Å². The fourth-order valence-corrected chi connectivity index (χ4v) is 2.50. The van der Waals surface area contributed by atoms with Crippen LogP contribution in [-0.4, -0.2) is 25.5 Å². The molecule has 0 saturated heterocycles. The van der Waals surface area contributed by atoms with Gasteiger partial charge in [0.2, 0.25) is 5.91 Å². The number of nitrogens with one attached hydrogen (secondary N) is 1. The summed E-state index contributed by atoms with van der Waals surface area (Å²) in [7, 11) is 0. The van der Waals surface area contributed by atoms with Gasteiger partial charge in [0.05, 0.1) is 11.7 Å². The summed E-state index contributed by atoms with van der Waals surface area (Å²) in [4.78, 5) is 12.4. The fourth-order valence-electron chi connectivity index (χ4n) is 2.50. The number of alkyl halides is 4. The molecule has 0 aliphatic carbocycles. The van der Waals surface area contributed by atoms with E-state index in [0.717, 1.165) is 5.69 Å². The standard InChI is InChI=1S/C15H19F4N5O/c1-4-23-11(5-6-20-23)8(2)21-15(25)9(3)24-12(14(18)19)7-10(22-24)13(16)17/h5-9,13-14H,4H2,1-3H3,(H,21,25). The second kappa shape index (κ2) is 7.66. The molecule has 0 saturated carbocycles. The van der Waals surface area contributed by atoms with Crippen LogP contribution in [0, 0.1) is 0 Å². The van der Waals surface area contributed by atoms with Gasteiger partial charge in [-0.3, -0.25) is 14.2 Å². The lowest BCUT2D eigenvalue weighted by molar-refractivity contribution is -0.125. The maximum absolute atomic E-state index is 13.1. The molecule has 1 amide bonds. The van der Waals surface area contributed by atoms with Crippen LogP contribution < -0.4 is 5.32 Å². The molecular formula is C15H19F4N5O. The molecule has 0 aliphatic rings. The Kier molecular flexibility index (Phi) is 5.81. The van der Waals surface area contributed by atoms with E-state index in [1.807, 2.05) is 6.92 Å². The van der Waals surface area contributed by atoms with Crippen molar-refractivity contribution in [1.29, 1.82) is 0 Å². The Hall–Kier alpha value is -2.39. The smallest absolute Gasteiger partial charge is 0.282 e. The first-order chi connectivity index (χ1) is 11.8. The van der Waals surface area contributed by atoms with Gasteiger partial charge in [0.25, 0.3) is 12.9 Å². The molecule has 0 aromatic carbocycles. The number of aromatic nitrogens is 4. The molecule has 138 valence electrons. The summed E-state index contributed by atoms with van der Waals surface area (Å²) in [6, 6.07) is 0.746. The second-order valence-corrected chi connectivity index (χ2v) is 5.52. The van der Waals surface area contributed by atoms with Crippen LogP contribution >= 0.6 is 0 Å². The quantitative estimate of drug-likeness (QED) is 0.769. The third-order valence-corrected chi connectivity index (χ3v) is 3.83.